The third kappa shape index (κ3) is 5.03. The minimum Gasteiger partial charge on any atom is -0.323 e. The van der Waals surface area contributed by atoms with Crippen LogP contribution < -0.4 is 9.48 Å². The summed E-state index contributed by atoms with van der Waals surface area (Å²) >= 11 is 0. The Labute approximate surface area is 352 Å². The van der Waals surface area contributed by atoms with Crippen molar-refractivity contribution in [2.24, 2.45) is 0 Å². The van der Waals surface area contributed by atoms with Crippen LogP contribution in [0.15, 0.2) is 206 Å². The number of allylic oxidation sites excluding steroid dienone is 2. The first-order valence-electron chi connectivity index (χ1n) is 20.7. The van der Waals surface area contributed by atoms with Crippen molar-refractivity contribution in [2.45, 2.75) is 6.04 Å². The van der Waals surface area contributed by atoms with Crippen molar-refractivity contribution in [1.82, 2.24) is 24.1 Å². The Balaban J connectivity index is 1.01. The normalized spacial score (nSPS) is 15.0. The first-order valence-corrected chi connectivity index (χ1v) is 20.7. The Morgan fingerprint density at radius 3 is 1.93 bits per heavy atom. The number of nitrogens with zero attached hydrogens (tertiary/aromatic N) is 6. The monoisotopic (exact) mass is 779 g/mol. The van der Waals surface area contributed by atoms with Crippen LogP contribution in [0.3, 0.4) is 0 Å². The van der Waals surface area contributed by atoms with E-state index in [0.717, 1.165) is 33.9 Å². The number of hydrogen-bond acceptors (Lipinski definition) is 4. The molecule has 10 aromatic rings. The van der Waals surface area contributed by atoms with Crippen LogP contribution in [0.5, 0.6) is 0 Å². The summed E-state index contributed by atoms with van der Waals surface area (Å²) in [6, 6.07) is 66.8. The third-order valence-corrected chi connectivity index (χ3v) is 12.5. The van der Waals surface area contributed by atoms with Gasteiger partial charge in [-0.15, -0.1) is 0 Å². The predicted molar refractivity (Wildman–Crippen MR) is 250 cm³/mol. The molecule has 0 saturated carbocycles. The number of aromatic nitrogens is 4. The second kappa shape index (κ2) is 13.1. The van der Waals surface area contributed by atoms with Gasteiger partial charge in [0.15, 0.2) is 0 Å². The van der Waals surface area contributed by atoms with Gasteiger partial charge in [-0.3, -0.25) is 0 Å². The van der Waals surface area contributed by atoms with Gasteiger partial charge in [0.1, 0.15) is 17.4 Å². The molecule has 2 aromatic heterocycles. The molecule has 0 amide bonds. The molecule has 0 bridgehead atoms. The Hall–Kier alpha value is -8.22. The average molecular weight is 780 g/mol. The molecule has 6 heteroatoms. The van der Waals surface area contributed by atoms with Gasteiger partial charge in [0.05, 0.1) is 22.4 Å². The Kier molecular flexibility index (Phi) is 7.27. The van der Waals surface area contributed by atoms with Gasteiger partial charge in [-0.05, 0) is 116 Å². The molecule has 8 aromatic carbocycles. The summed E-state index contributed by atoms with van der Waals surface area (Å²) in [4.78, 5) is 18.0. The molecular weight excluding hydrogens is 745 g/mol. The van der Waals surface area contributed by atoms with Crippen LogP contribution in [-0.2, 0) is 0 Å². The van der Waals surface area contributed by atoms with Crippen molar-refractivity contribution in [3.05, 3.63) is 212 Å². The quantitative estimate of drug-likeness (QED) is 0.163. The zero-order valence-corrected chi connectivity index (χ0v) is 32.9. The minimum absolute atomic E-state index is 0.110. The van der Waals surface area contributed by atoms with Crippen LogP contribution in [0.2, 0.25) is 0 Å². The molecule has 0 fully saturated rings. The minimum atomic E-state index is -0.110. The van der Waals surface area contributed by atoms with Crippen LogP contribution in [0, 0.1) is 0 Å². The molecule has 4 heterocycles. The van der Waals surface area contributed by atoms with Crippen LogP contribution >= 0.6 is 0 Å². The molecule has 1 aliphatic carbocycles. The summed E-state index contributed by atoms with van der Waals surface area (Å²) in [5, 5.41) is 4.97. The van der Waals surface area contributed by atoms with Crippen molar-refractivity contribution in [2.75, 3.05) is 4.90 Å². The van der Waals surface area contributed by atoms with Gasteiger partial charge in [-0.25, -0.2) is 0 Å². The lowest BCUT2D eigenvalue weighted by molar-refractivity contribution is 0.858. The maximum absolute atomic E-state index is 5.23. The molecule has 0 spiro atoms. The number of anilines is 2. The maximum atomic E-state index is 5.23. The summed E-state index contributed by atoms with van der Waals surface area (Å²) in [7, 11) is 0. The number of rotatable bonds is 5. The highest BCUT2D eigenvalue weighted by Crippen LogP contribution is 2.53. The Morgan fingerprint density at radius 2 is 1.15 bits per heavy atom. The zero-order chi connectivity index (χ0) is 40.0. The van der Waals surface area contributed by atoms with Crippen LogP contribution in [0.1, 0.15) is 5.56 Å². The van der Waals surface area contributed by atoms with Crippen molar-refractivity contribution < 1.29 is 0 Å². The molecule has 2 aliphatic heterocycles. The van der Waals surface area contributed by atoms with Gasteiger partial charge in [-0.1, -0.05) is 127 Å². The van der Waals surface area contributed by atoms with Crippen LogP contribution in [0.25, 0.3) is 77.7 Å². The van der Waals surface area contributed by atoms with Crippen molar-refractivity contribution in [3.63, 3.8) is 0 Å². The molecular formula is C55H35N6+. The highest BCUT2D eigenvalue weighted by Gasteiger charge is 2.44. The molecule has 0 saturated heterocycles. The lowest BCUT2D eigenvalue weighted by Gasteiger charge is -2.44. The second-order valence-electron chi connectivity index (χ2n) is 15.8. The van der Waals surface area contributed by atoms with E-state index in [1.54, 1.807) is 0 Å². The van der Waals surface area contributed by atoms with Gasteiger partial charge >= 0.3 is 5.95 Å². The summed E-state index contributed by atoms with van der Waals surface area (Å²) in [5.41, 5.74) is 14.7. The average Bonchev–Trinajstić information content (AvgIpc) is 3.67. The van der Waals surface area contributed by atoms with E-state index in [1.807, 2.05) is 36.4 Å². The number of fused-ring (bicyclic) bond motifs is 7. The standard InChI is InChI=1S/C55H35N6/c1-4-16-35(17-5-1)53-56-54(36-18-6-2-7-19-36)58-55(57-53)61-48-28-13-12-27-47(48)60-49-33-31-39(41-23-14-24-42(51(41)49)43-25-15-29-50(61)52(43)60)37-30-32-46-44(34-37)40-22-10-11-26-45(40)59(46)38-20-8-3-9-21-38/h1-34,52H/q+1. The molecule has 1 atom stereocenters. The van der Waals surface area contributed by atoms with E-state index in [-0.39, 0.29) is 6.04 Å². The van der Waals surface area contributed by atoms with E-state index in [9.17, 15) is 0 Å². The first kappa shape index (κ1) is 33.7. The van der Waals surface area contributed by atoms with Gasteiger partial charge in [0, 0.05) is 33.0 Å². The van der Waals surface area contributed by atoms with Crippen molar-refractivity contribution >= 4 is 66.9 Å². The van der Waals surface area contributed by atoms with Crippen molar-refractivity contribution in [3.8, 4) is 39.6 Å². The van der Waals surface area contributed by atoms with E-state index in [0.29, 0.717) is 17.6 Å². The fraction of sp³-hybridized carbons (Fsp3) is 0.0182. The second-order valence-corrected chi connectivity index (χ2v) is 15.8. The van der Waals surface area contributed by atoms with E-state index in [2.05, 4.69) is 184 Å². The lowest BCUT2D eigenvalue weighted by atomic mass is 9.80. The summed E-state index contributed by atoms with van der Waals surface area (Å²) in [6.45, 7) is 0. The van der Waals surface area contributed by atoms with E-state index < -0.39 is 0 Å². The Bertz CT molecular complexity index is 3470. The lowest BCUT2D eigenvalue weighted by Crippen LogP contribution is -2.48. The smallest absolute Gasteiger partial charge is 0.323 e. The molecule has 0 radical (unpaired) electrons. The van der Waals surface area contributed by atoms with Gasteiger partial charge < -0.3 is 9.47 Å². The fourth-order valence-electron chi connectivity index (χ4n) is 9.90. The predicted octanol–water partition coefficient (Wildman–Crippen LogP) is 12.9. The SMILES string of the molecule is C1=CC2=[N+](c3nc(-c4ccccc4)nc(-c4ccccc4)n3)c3ccccc3N3c4ccc(-c5ccc6c(c5)c5ccccc5n6-c5ccccc5)c5cccc(c45)C(=C1)C23. The molecule has 6 nitrogen and oxygen atoms in total. The zero-order valence-electron chi connectivity index (χ0n) is 32.9. The number of hydrogen-bond donors (Lipinski definition) is 0. The molecule has 284 valence electrons. The number of benzene rings is 8. The topological polar surface area (TPSA) is 49.9 Å². The first-order chi connectivity index (χ1) is 30.3. The van der Waals surface area contributed by atoms with Gasteiger partial charge in [-0.2, -0.15) is 9.56 Å². The van der Waals surface area contributed by atoms with E-state index >= 15 is 0 Å². The van der Waals surface area contributed by atoms with Gasteiger partial charge in [0.2, 0.25) is 11.6 Å². The third-order valence-electron chi connectivity index (χ3n) is 12.5. The van der Waals surface area contributed by atoms with E-state index in [1.165, 1.54) is 60.5 Å². The largest absolute Gasteiger partial charge is 0.442 e. The summed E-state index contributed by atoms with van der Waals surface area (Å²) < 4.78 is 4.63. The highest BCUT2D eigenvalue weighted by atomic mass is 15.3. The molecule has 61 heavy (non-hydrogen) atoms. The summed E-state index contributed by atoms with van der Waals surface area (Å²) in [5.74, 6) is 1.85. The number of para-hydroxylation sites is 4. The van der Waals surface area contributed by atoms with E-state index in [4.69, 9.17) is 15.0 Å². The summed E-state index contributed by atoms with van der Waals surface area (Å²) in [6.07, 6.45) is 6.70. The fourth-order valence-corrected chi connectivity index (χ4v) is 9.90. The van der Waals surface area contributed by atoms with Crippen molar-refractivity contribution in [1.29, 1.82) is 0 Å². The highest BCUT2D eigenvalue weighted by molar-refractivity contribution is 6.24. The van der Waals surface area contributed by atoms with Gasteiger partial charge in [0.25, 0.3) is 0 Å². The Morgan fingerprint density at radius 1 is 0.475 bits per heavy atom. The maximum Gasteiger partial charge on any atom is 0.442 e. The molecule has 13 rings (SSSR count). The molecule has 0 N–H and O–H groups in total. The molecule has 3 aliphatic rings. The van der Waals surface area contributed by atoms with Crippen LogP contribution in [0.4, 0.5) is 23.0 Å². The molecule has 1 unspecified atom stereocenters. The van der Waals surface area contributed by atoms with Crippen LogP contribution in [-0.4, -0.2) is 31.3 Å².